The second-order valence-electron chi connectivity index (χ2n) is 6.98. The molecule has 2 aromatic carbocycles. The summed E-state index contributed by atoms with van der Waals surface area (Å²) < 4.78 is 6.33. The van der Waals surface area contributed by atoms with Gasteiger partial charge in [0.1, 0.15) is 0 Å². The normalized spacial score (nSPS) is 15.9. The number of carbonyl (C=O) groups is 1. The van der Waals surface area contributed by atoms with Gasteiger partial charge in [-0.1, -0.05) is 39.7 Å². The van der Waals surface area contributed by atoms with Crippen molar-refractivity contribution in [2.45, 2.75) is 6.04 Å². The molecule has 1 aliphatic heterocycles. The van der Waals surface area contributed by atoms with E-state index < -0.39 is 0 Å². The first-order valence-corrected chi connectivity index (χ1v) is 10.4. The fraction of sp³-hybridized carbons (Fsp3) is 0.381. The molecule has 0 aromatic heterocycles. The summed E-state index contributed by atoms with van der Waals surface area (Å²) in [6.45, 7) is 3.60. The molecule has 0 aliphatic carbocycles. The molecule has 1 fully saturated rings. The Hall–Kier alpha value is -1.60. The summed E-state index contributed by atoms with van der Waals surface area (Å²) in [5, 5.41) is 3.51. The van der Waals surface area contributed by atoms with Crippen LogP contribution in [0.2, 0.25) is 5.02 Å². The number of ether oxygens (including phenoxy) is 1. The first-order chi connectivity index (χ1) is 13.5. The number of hydrogen-bond acceptors (Lipinski definition) is 4. The van der Waals surface area contributed by atoms with Gasteiger partial charge in [-0.05, 0) is 35.9 Å². The molecule has 0 radical (unpaired) electrons. The molecule has 2 aromatic rings. The SMILES string of the molecule is CN(C)c1ccc(C(CNC(=O)c2cc(Br)ccc2Cl)N2CCOCC2)cc1. The first kappa shape index (κ1) is 21.1. The van der Waals surface area contributed by atoms with E-state index in [1.54, 1.807) is 12.1 Å². The molecule has 7 heteroatoms. The maximum absolute atomic E-state index is 12.7. The van der Waals surface area contributed by atoms with Gasteiger partial charge in [-0.3, -0.25) is 9.69 Å². The molecule has 150 valence electrons. The molecule has 0 spiro atoms. The monoisotopic (exact) mass is 465 g/mol. The van der Waals surface area contributed by atoms with Crippen molar-refractivity contribution in [3.63, 3.8) is 0 Å². The van der Waals surface area contributed by atoms with Gasteiger partial charge in [0.25, 0.3) is 5.91 Å². The molecular formula is C21H25BrClN3O2. The number of amides is 1. The van der Waals surface area contributed by atoms with Crippen molar-refractivity contribution in [2.24, 2.45) is 0 Å². The van der Waals surface area contributed by atoms with E-state index in [2.05, 4.69) is 55.3 Å². The largest absolute Gasteiger partial charge is 0.379 e. The van der Waals surface area contributed by atoms with Crippen LogP contribution in [-0.4, -0.2) is 57.8 Å². The third-order valence-corrected chi connectivity index (χ3v) is 5.73. The van der Waals surface area contributed by atoms with Crippen LogP contribution in [0.4, 0.5) is 5.69 Å². The molecule has 28 heavy (non-hydrogen) atoms. The highest BCUT2D eigenvalue weighted by Crippen LogP contribution is 2.25. The van der Waals surface area contributed by atoms with Gasteiger partial charge < -0.3 is 15.0 Å². The van der Waals surface area contributed by atoms with E-state index in [0.717, 1.165) is 23.2 Å². The number of anilines is 1. The number of benzene rings is 2. The minimum absolute atomic E-state index is 0.0787. The summed E-state index contributed by atoms with van der Waals surface area (Å²) in [6, 6.07) is 13.8. The zero-order chi connectivity index (χ0) is 20.1. The summed E-state index contributed by atoms with van der Waals surface area (Å²) in [4.78, 5) is 17.1. The highest BCUT2D eigenvalue weighted by Gasteiger charge is 2.24. The summed E-state index contributed by atoms with van der Waals surface area (Å²) in [5.41, 5.74) is 2.79. The molecule has 1 heterocycles. The number of nitrogens with zero attached hydrogens (tertiary/aromatic N) is 2. The van der Waals surface area contributed by atoms with Gasteiger partial charge in [0, 0.05) is 43.9 Å². The Bertz CT molecular complexity index is 808. The Morgan fingerprint density at radius 3 is 2.54 bits per heavy atom. The average Bonchev–Trinajstić information content (AvgIpc) is 2.71. The number of nitrogens with one attached hydrogen (secondary N) is 1. The molecule has 3 rings (SSSR count). The summed E-state index contributed by atoms with van der Waals surface area (Å²) >= 11 is 9.60. The molecule has 0 bridgehead atoms. The molecule has 1 atom stereocenters. The topological polar surface area (TPSA) is 44.8 Å². The second-order valence-corrected chi connectivity index (χ2v) is 8.31. The van der Waals surface area contributed by atoms with Crippen LogP contribution in [0.3, 0.4) is 0 Å². The van der Waals surface area contributed by atoms with E-state index in [0.29, 0.717) is 30.3 Å². The Morgan fingerprint density at radius 1 is 1.21 bits per heavy atom. The predicted octanol–water partition coefficient (Wildman–Crippen LogP) is 3.97. The number of halogens is 2. The summed E-state index contributed by atoms with van der Waals surface area (Å²) in [6.07, 6.45) is 0. The molecule has 1 aliphatic rings. The first-order valence-electron chi connectivity index (χ1n) is 9.28. The highest BCUT2D eigenvalue weighted by atomic mass is 79.9. The fourth-order valence-electron chi connectivity index (χ4n) is 3.30. The van der Waals surface area contributed by atoms with Crippen LogP contribution in [0.5, 0.6) is 0 Å². The van der Waals surface area contributed by atoms with Crippen molar-refractivity contribution in [3.05, 3.63) is 63.1 Å². The lowest BCUT2D eigenvalue weighted by molar-refractivity contribution is 0.0162. The van der Waals surface area contributed by atoms with Crippen LogP contribution >= 0.6 is 27.5 Å². The van der Waals surface area contributed by atoms with E-state index in [1.165, 1.54) is 5.56 Å². The van der Waals surface area contributed by atoms with Crippen LogP contribution < -0.4 is 10.2 Å². The van der Waals surface area contributed by atoms with Gasteiger partial charge in [0.15, 0.2) is 0 Å². The third-order valence-electron chi connectivity index (χ3n) is 4.91. The van der Waals surface area contributed by atoms with E-state index in [4.69, 9.17) is 16.3 Å². The number of hydrogen-bond donors (Lipinski definition) is 1. The molecule has 1 unspecified atom stereocenters. The van der Waals surface area contributed by atoms with Crippen LogP contribution in [0.25, 0.3) is 0 Å². The highest BCUT2D eigenvalue weighted by molar-refractivity contribution is 9.10. The average molecular weight is 467 g/mol. The fourth-order valence-corrected chi connectivity index (χ4v) is 3.86. The van der Waals surface area contributed by atoms with Crippen molar-refractivity contribution in [1.82, 2.24) is 10.2 Å². The van der Waals surface area contributed by atoms with Gasteiger partial charge in [-0.15, -0.1) is 0 Å². The zero-order valence-corrected chi connectivity index (χ0v) is 18.5. The van der Waals surface area contributed by atoms with E-state index in [-0.39, 0.29) is 11.9 Å². The Balaban J connectivity index is 1.77. The molecule has 1 N–H and O–H groups in total. The summed E-state index contributed by atoms with van der Waals surface area (Å²) in [5.74, 6) is -0.172. The number of carbonyl (C=O) groups excluding carboxylic acids is 1. The van der Waals surface area contributed by atoms with Gasteiger partial charge >= 0.3 is 0 Å². The smallest absolute Gasteiger partial charge is 0.252 e. The van der Waals surface area contributed by atoms with Crippen molar-refractivity contribution in [2.75, 3.05) is 51.8 Å². The van der Waals surface area contributed by atoms with E-state index in [1.807, 2.05) is 20.2 Å². The van der Waals surface area contributed by atoms with Crippen LogP contribution in [0, 0.1) is 0 Å². The van der Waals surface area contributed by atoms with Crippen molar-refractivity contribution >= 4 is 39.1 Å². The van der Waals surface area contributed by atoms with Crippen molar-refractivity contribution in [1.29, 1.82) is 0 Å². The van der Waals surface area contributed by atoms with Gasteiger partial charge in [-0.25, -0.2) is 0 Å². The van der Waals surface area contributed by atoms with Gasteiger partial charge in [0.05, 0.1) is 29.8 Å². The second kappa shape index (κ2) is 9.74. The molecule has 1 saturated heterocycles. The van der Waals surface area contributed by atoms with Crippen LogP contribution in [0.15, 0.2) is 46.9 Å². The maximum Gasteiger partial charge on any atom is 0.252 e. The minimum Gasteiger partial charge on any atom is -0.379 e. The van der Waals surface area contributed by atoms with E-state index >= 15 is 0 Å². The lowest BCUT2D eigenvalue weighted by Crippen LogP contribution is -2.43. The standard InChI is InChI=1S/C21H25BrClN3O2/c1-25(2)17-6-3-15(4-7-17)20(26-9-11-28-12-10-26)14-24-21(27)18-13-16(22)5-8-19(18)23/h3-8,13,20H,9-12,14H2,1-2H3,(H,24,27). The lowest BCUT2D eigenvalue weighted by atomic mass is 10.0. The Kier molecular flexibility index (Phi) is 7.35. The predicted molar refractivity (Wildman–Crippen MR) is 117 cm³/mol. The molecule has 0 saturated carbocycles. The zero-order valence-electron chi connectivity index (χ0n) is 16.1. The molecular weight excluding hydrogens is 442 g/mol. The third kappa shape index (κ3) is 5.26. The maximum atomic E-state index is 12.7. The number of rotatable bonds is 6. The lowest BCUT2D eigenvalue weighted by Gasteiger charge is -2.35. The van der Waals surface area contributed by atoms with Gasteiger partial charge in [-0.2, -0.15) is 0 Å². The van der Waals surface area contributed by atoms with Crippen LogP contribution in [0.1, 0.15) is 22.0 Å². The number of morpholine rings is 1. The minimum atomic E-state index is -0.172. The van der Waals surface area contributed by atoms with Gasteiger partial charge in [0.2, 0.25) is 0 Å². The molecule has 1 amide bonds. The van der Waals surface area contributed by atoms with Crippen molar-refractivity contribution < 1.29 is 9.53 Å². The van der Waals surface area contributed by atoms with Crippen LogP contribution in [-0.2, 0) is 4.74 Å². The van der Waals surface area contributed by atoms with E-state index in [9.17, 15) is 4.79 Å². The summed E-state index contributed by atoms with van der Waals surface area (Å²) in [7, 11) is 4.05. The van der Waals surface area contributed by atoms with Crippen molar-refractivity contribution in [3.8, 4) is 0 Å². The Labute approximate surface area is 179 Å². The quantitative estimate of drug-likeness (QED) is 0.700. The Morgan fingerprint density at radius 2 is 1.89 bits per heavy atom. The molecule has 5 nitrogen and oxygen atoms in total.